The molecule has 2 aromatic rings. The second kappa shape index (κ2) is 6.43. The predicted octanol–water partition coefficient (Wildman–Crippen LogP) is 2.01. The fraction of sp³-hybridized carbons (Fsp3) is 0.308. The monoisotopic (exact) mass is 328 g/mol. The molecule has 1 fully saturated rings. The minimum Gasteiger partial charge on any atom is -0.480 e. The third kappa shape index (κ3) is 3.34. The van der Waals surface area contributed by atoms with Gasteiger partial charge < -0.3 is 10.4 Å². The lowest BCUT2D eigenvalue weighted by atomic mass is 10.1. The summed E-state index contributed by atoms with van der Waals surface area (Å²) in [5.74, 6) is -0.828. The van der Waals surface area contributed by atoms with E-state index in [2.05, 4.69) is 15.6 Å². The highest BCUT2D eigenvalue weighted by Crippen LogP contribution is 2.23. The molecule has 0 spiro atoms. The van der Waals surface area contributed by atoms with Crippen LogP contribution >= 0.6 is 24.0 Å². The Kier molecular flexibility index (Phi) is 4.82. The largest absolute Gasteiger partial charge is 0.480 e. The highest BCUT2D eigenvalue weighted by molar-refractivity contribution is 6.30. The number of nitrogens with one attached hydrogen (secondary N) is 1. The maximum atomic E-state index is 10.9. The van der Waals surface area contributed by atoms with Crippen LogP contribution in [0.15, 0.2) is 30.5 Å². The maximum absolute atomic E-state index is 10.9. The predicted molar refractivity (Wildman–Crippen MR) is 80.8 cm³/mol. The van der Waals surface area contributed by atoms with Gasteiger partial charge in [-0.15, -0.1) is 17.5 Å². The molecular formula is C13H14Cl2N4O2. The lowest BCUT2D eigenvalue weighted by Crippen LogP contribution is -2.29. The molecule has 0 aliphatic carbocycles. The lowest BCUT2D eigenvalue weighted by molar-refractivity contribution is -0.139. The highest BCUT2D eigenvalue weighted by atomic mass is 35.5. The van der Waals surface area contributed by atoms with Crippen molar-refractivity contribution in [2.45, 2.75) is 18.5 Å². The van der Waals surface area contributed by atoms with Gasteiger partial charge in [0.05, 0.1) is 12.2 Å². The molecule has 0 amide bonds. The van der Waals surface area contributed by atoms with Gasteiger partial charge in [-0.1, -0.05) is 28.9 Å². The zero-order valence-corrected chi connectivity index (χ0v) is 12.5. The Labute approximate surface area is 132 Å². The fourth-order valence-corrected chi connectivity index (χ4v) is 2.44. The molecule has 0 unspecified atom stereocenters. The second-order valence-electron chi connectivity index (χ2n) is 4.78. The summed E-state index contributed by atoms with van der Waals surface area (Å²) in [4.78, 5) is 10.9. The number of nitrogens with zero attached hydrogens (tertiary/aromatic N) is 3. The van der Waals surface area contributed by atoms with Gasteiger partial charge >= 0.3 is 5.97 Å². The Bertz CT molecular complexity index is 629. The summed E-state index contributed by atoms with van der Waals surface area (Å²) in [6.07, 6.45) is 2.35. The molecule has 21 heavy (non-hydrogen) atoms. The SMILES string of the molecule is Cl.O=C(O)[C@@H]1C[C@H](n2cc(-c3ccc(Cl)cc3)nn2)CN1. The molecule has 1 aliphatic rings. The summed E-state index contributed by atoms with van der Waals surface area (Å²) < 4.78 is 1.72. The summed E-state index contributed by atoms with van der Waals surface area (Å²) in [6, 6.07) is 6.86. The first kappa shape index (κ1) is 15.8. The number of carboxylic acids is 1. The smallest absolute Gasteiger partial charge is 0.320 e. The van der Waals surface area contributed by atoms with E-state index >= 15 is 0 Å². The second-order valence-corrected chi connectivity index (χ2v) is 5.22. The molecule has 2 heterocycles. The summed E-state index contributed by atoms with van der Waals surface area (Å²) in [6.45, 7) is 0.584. The van der Waals surface area contributed by atoms with E-state index in [4.69, 9.17) is 16.7 Å². The fourth-order valence-electron chi connectivity index (χ4n) is 2.31. The molecule has 112 valence electrons. The Balaban J connectivity index is 0.00000161. The molecule has 0 bridgehead atoms. The Morgan fingerprint density at radius 3 is 2.71 bits per heavy atom. The third-order valence-corrected chi connectivity index (χ3v) is 3.68. The number of hydrogen-bond acceptors (Lipinski definition) is 4. The van der Waals surface area contributed by atoms with Gasteiger partial charge in [0.25, 0.3) is 0 Å². The van der Waals surface area contributed by atoms with Gasteiger partial charge in [-0.3, -0.25) is 4.79 Å². The number of halogens is 2. The number of carbonyl (C=O) groups is 1. The lowest BCUT2D eigenvalue weighted by Gasteiger charge is -2.07. The van der Waals surface area contributed by atoms with Crippen LogP contribution in [0, 0.1) is 0 Å². The summed E-state index contributed by atoms with van der Waals surface area (Å²) in [5.41, 5.74) is 1.68. The Morgan fingerprint density at radius 1 is 1.38 bits per heavy atom. The van der Waals surface area contributed by atoms with Crippen LogP contribution in [0.5, 0.6) is 0 Å². The number of rotatable bonds is 3. The van der Waals surface area contributed by atoms with E-state index in [1.54, 1.807) is 16.8 Å². The van der Waals surface area contributed by atoms with E-state index in [-0.39, 0.29) is 18.4 Å². The van der Waals surface area contributed by atoms with Crippen LogP contribution in [-0.2, 0) is 4.79 Å². The van der Waals surface area contributed by atoms with Gasteiger partial charge in [0.1, 0.15) is 11.7 Å². The number of aliphatic carboxylic acids is 1. The van der Waals surface area contributed by atoms with Crippen molar-refractivity contribution in [2.75, 3.05) is 6.54 Å². The zero-order chi connectivity index (χ0) is 14.1. The van der Waals surface area contributed by atoms with E-state index in [9.17, 15) is 4.79 Å². The topological polar surface area (TPSA) is 80.0 Å². The number of carboxylic acid groups (broad SMARTS) is 1. The van der Waals surface area contributed by atoms with Crippen LogP contribution < -0.4 is 5.32 Å². The van der Waals surface area contributed by atoms with Crippen molar-refractivity contribution in [3.8, 4) is 11.3 Å². The van der Waals surface area contributed by atoms with Crippen molar-refractivity contribution in [1.29, 1.82) is 0 Å². The van der Waals surface area contributed by atoms with E-state index < -0.39 is 12.0 Å². The van der Waals surface area contributed by atoms with Gasteiger partial charge in [-0.25, -0.2) is 4.68 Å². The third-order valence-electron chi connectivity index (χ3n) is 3.43. The van der Waals surface area contributed by atoms with Crippen LogP contribution in [0.1, 0.15) is 12.5 Å². The molecule has 8 heteroatoms. The van der Waals surface area contributed by atoms with Crippen molar-refractivity contribution >= 4 is 30.0 Å². The van der Waals surface area contributed by atoms with Gasteiger partial charge in [-0.2, -0.15) is 0 Å². The van der Waals surface area contributed by atoms with Gasteiger partial charge in [-0.05, 0) is 18.6 Å². The standard InChI is InChI=1S/C13H13ClN4O2.ClH/c14-9-3-1-8(2-4-9)12-7-18(17-16-12)10-5-11(13(19)20)15-6-10;/h1-4,7,10-11,15H,5-6H2,(H,19,20);1H/t10-,11-;/m0./s1. The molecule has 2 N–H and O–H groups in total. The van der Waals surface area contributed by atoms with Crippen LogP contribution in [0.4, 0.5) is 0 Å². The maximum Gasteiger partial charge on any atom is 0.320 e. The zero-order valence-electron chi connectivity index (χ0n) is 10.9. The summed E-state index contributed by atoms with van der Waals surface area (Å²) >= 11 is 5.85. The normalized spacial score (nSPS) is 21.0. The number of hydrogen-bond donors (Lipinski definition) is 2. The Morgan fingerprint density at radius 2 is 2.10 bits per heavy atom. The van der Waals surface area contributed by atoms with Crippen LogP contribution in [0.3, 0.4) is 0 Å². The van der Waals surface area contributed by atoms with E-state index in [1.807, 2.05) is 18.3 Å². The van der Waals surface area contributed by atoms with Gasteiger partial charge in [0.2, 0.25) is 0 Å². The molecule has 0 radical (unpaired) electrons. The van der Waals surface area contributed by atoms with Crippen molar-refractivity contribution < 1.29 is 9.90 Å². The first-order valence-electron chi connectivity index (χ1n) is 6.27. The van der Waals surface area contributed by atoms with Gasteiger partial charge in [0.15, 0.2) is 0 Å². The van der Waals surface area contributed by atoms with Crippen molar-refractivity contribution in [1.82, 2.24) is 20.3 Å². The van der Waals surface area contributed by atoms with Crippen LogP contribution in [0.25, 0.3) is 11.3 Å². The summed E-state index contributed by atoms with van der Waals surface area (Å²) in [5, 5.41) is 20.8. The highest BCUT2D eigenvalue weighted by Gasteiger charge is 2.30. The molecule has 1 saturated heterocycles. The number of benzene rings is 1. The van der Waals surface area contributed by atoms with E-state index in [0.29, 0.717) is 18.0 Å². The average molecular weight is 329 g/mol. The van der Waals surface area contributed by atoms with Crippen LogP contribution in [-0.4, -0.2) is 38.7 Å². The average Bonchev–Trinajstić information content (AvgIpc) is 3.08. The minimum absolute atomic E-state index is 0. The van der Waals surface area contributed by atoms with E-state index in [0.717, 1.165) is 11.3 Å². The molecule has 3 rings (SSSR count). The molecule has 0 saturated carbocycles. The number of aromatic nitrogens is 3. The molecule has 1 aromatic heterocycles. The molecule has 1 aliphatic heterocycles. The molecule has 6 nitrogen and oxygen atoms in total. The molecular weight excluding hydrogens is 315 g/mol. The van der Waals surface area contributed by atoms with Crippen molar-refractivity contribution in [2.24, 2.45) is 0 Å². The Hall–Kier alpha value is -1.63. The quantitative estimate of drug-likeness (QED) is 0.900. The van der Waals surface area contributed by atoms with E-state index in [1.165, 1.54) is 0 Å². The first-order valence-corrected chi connectivity index (χ1v) is 6.65. The summed E-state index contributed by atoms with van der Waals surface area (Å²) in [7, 11) is 0. The van der Waals surface area contributed by atoms with Crippen molar-refractivity contribution in [3.63, 3.8) is 0 Å². The molecule has 1 aromatic carbocycles. The molecule has 2 atom stereocenters. The van der Waals surface area contributed by atoms with Gasteiger partial charge in [0, 0.05) is 17.1 Å². The van der Waals surface area contributed by atoms with Crippen molar-refractivity contribution in [3.05, 3.63) is 35.5 Å². The van der Waals surface area contributed by atoms with Crippen LogP contribution in [0.2, 0.25) is 5.02 Å². The first-order chi connectivity index (χ1) is 9.63. The minimum atomic E-state index is -0.828.